The smallest absolute Gasteiger partial charge is 0.336 e. The van der Waals surface area contributed by atoms with Crippen LogP contribution in [0.1, 0.15) is 15.9 Å². The average Bonchev–Trinajstić information content (AvgIpc) is 2.37. The van der Waals surface area contributed by atoms with E-state index in [9.17, 15) is 9.59 Å². The van der Waals surface area contributed by atoms with E-state index in [0.29, 0.717) is 12.4 Å². The predicted octanol–water partition coefficient (Wildman–Crippen LogP) is 1.69. The molecule has 1 heterocycles. The summed E-state index contributed by atoms with van der Waals surface area (Å²) in [6.45, 7) is 0.514. The quantitative estimate of drug-likeness (QED) is 0.764. The summed E-state index contributed by atoms with van der Waals surface area (Å²) in [6, 6.07) is 12.1. The molecule has 0 amide bonds. The fourth-order valence-electron chi connectivity index (χ4n) is 1.56. The maximum Gasteiger partial charge on any atom is 0.336 e. The van der Waals surface area contributed by atoms with Gasteiger partial charge in [0.25, 0.3) is 0 Å². The van der Waals surface area contributed by atoms with E-state index in [4.69, 9.17) is 5.11 Å². The lowest BCUT2D eigenvalue weighted by molar-refractivity contribution is 0.0696. The van der Waals surface area contributed by atoms with E-state index < -0.39 is 11.5 Å². The van der Waals surface area contributed by atoms with Crippen molar-refractivity contribution in [3.05, 3.63) is 63.9 Å². The largest absolute Gasteiger partial charge is 0.478 e. The number of hydrogen-bond donors (Lipinski definition) is 3. The third-order valence-corrected chi connectivity index (χ3v) is 2.42. The number of hydrogen-bond acceptors (Lipinski definition) is 3. The number of aromatic amines is 1. The van der Waals surface area contributed by atoms with Gasteiger partial charge in [-0.25, -0.2) is 4.79 Å². The first-order valence-electron chi connectivity index (χ1n) is 5.40. The molecule has 0 fully saturated rings. The van der Waals surface area contributed by atoms with Gasteiger partial charge in [0.15, 0.2) is 0 Å². The Kier molecular flexibility index (Phi) is 3.43. The van der Waals surface area contributed by atoms with Crippen molar-refractivity contribution in [2.75, 3.05) is 5.32 Å². The third kappa shape index (κ3) is 2.98. The summed E-state index contributed by atoms with van der Waals surface area (Å²) in [6.07, 6.45) is 0. The predicted molar refractivity (Wildman–Crippen MR) is 67.8 cm³/mol. The van der Waals surface area contributed by atoms with E-state index in [1.54, 1.807) is 0 Å². The van der Waals surface area contributed by atoms with Crippen LogP contribution < -0.4 is 10.9 Å². The van der Waals surface area contributed by atoms with Crippen molar-refractivity contribution in [2.45, 2.75) is 6.54 Å². The summed E-state index contributed by atoms with van der Waals surface area (Å²) >= 11 is 0. The lowest BCUT2D eigenvalue weighted by atomic mass is 10.2. The Balaban J connectivity index is 2.15. The number of nitrogens with one attached hydrogen (secondary N) is 2. The summed E-state index contributed by atoms with van der Waals surface area (Å²) in [5, 5.41) is 11.8. The van der Waals surface area contributed by atoms with Gasteiger partial charge in [0, 0.05) is 12.6 Å². The van der Waals surface area contributed by atoms with Crippen LogP contribution in [0.5, 0.6) is 0 Å². The zero-order chi connectivity index (χ0) is 13.0. The van der Waals surface area contributed by atoms with E-state index in [0.717, 1.165) is 11.6 Å². The molecule has 0 bridgehead atoms. The molecule has 92 valence electrons. The van der Waals surface area contributed by atoms with Gasteiger partial charge in [-0.1, -0.05) is 30.3 Å². The molecule has 0 saturated heterocycles. The van der Waals surface area contributed by atoms with Crippen LogP contribution in [0.4, 0.5) is 5.82 Å². The fourth-order valence-corrected chi connectivity index (χ4v) is 1.56. The van der Waals surface area contributed by atoms with Crippen molar-refractivity contribution in [2.24, 2.45) is 0 Å². The van der Waals surface area contributed by atoms with E-state index >= 15 is 0 Å². The number of carbonyl (C=O) groups is 1. The molecular formula is C13H12N2O3. The summed E-state index contributed by atoms with van der Waals surface area (Å²) in [4.78, 5) is 24.6. The first-order chi connectivity index (χ1) is 8.65. The van der Waals surface area contributed by atoms with Gasteiger partial charge in [-0.05, 0) is 11.6 Å². The van der Waals surface area contributed by atoms with Crippen LogP contribution in [0.3, 0.4) is 0 Å². The number of anilines is 1. The van der Waals surface area contributed by atoms with Crippen LogP contribution in [-0.2, 0) is 6.54 Å². The molecule has 2 aromatic rings. The number of carboxylic acid groups (broad SMARTS) is 1. The van der Waals surface area contributed by atoms with Gasteiger partial charge in [0.1, 0.15) is 5.82 Å². The number of aromatic nitrogens is 1. The van der Waals surface area contributed by atoms with Crippen molar-refractivity contribution in [3.63, 3.8) is 0 Å². The Hall–Kier alpha value is -2.56. The highest BCUT2D eigenvalue weighted by molar-refractivity contribution is 5.88. The maximum atomic E-state index is 11.3. The molecule has 0 aliphatic carbocycles. The van der Waals surface area contributed by atoms with Crippen LogP contribution in [0.15, 0.2) is 47.3 Å². The first kappa shape index (κ1) is 11.9. The van der Waals surface area contributed by atoms with Gasteiger partial charge in [0.2, 0.25) is 5.56 Å². The number of pyridine rings is 1. The lowest BCUT2D eigenvalue weighted by Crippen LogP contribution is -2.13. The third-order valence-electron chi connectivity index (χ3n) is 2.42. The Morgan fingerprint density at radius 1 is 1.22 bits per heavy atom. The number of H-pyrrole nitrogens is 1. The van der Waals surface area contributed by atoms with E-state index in [1.807, 2.05) is 30.3 Å². The summed E-state index contributed by atoms with van der Waals surface area (Å²) < 4.78 is 0. The number of benzene rings is 1. The Morgan fingerprint density at radius 3 is 2.61 bits per heavy atom. The molecule has 3 N–H and O–H groups in total. The molecule has 0 saturated carbocycles. The molecule has 0 unspecified atom stereocenters. The number of rotatable bonds is 4. The minimum absolute atomic E-state index is 0.0330. The molecule has 1 aromatic heterocycles. The van der Waals surface area contributed by atoms with Crippen molar-refractivity contribution >= 4 is 11.8 Å². The highest BCUT2D eigenvalue weighted by Crippen LogP contribution is 2.07. The van der Waals surface area contributed by atoms with Crippen LogP contribution >= 0.6 is 0 Å². The second kappa shape index (κ2) is 5.18. The second-order valence-corrected chi connectivity index (χ2v) is 3.79. The first-order valence-corrected chi connectivity index (χ1v) is 5.40. The molecule has 0 aliphatic heterocycles. The SMILES string of the molecule is O=C(O)c1cc(NCc2ccccc2)[nH]c(=O)c1. The molecule has 0 atom stereocenters. The second-order valence-electron chi connectivity index (χ2n) is 3.79. The molecule has 2 rings (SSSR count). The van der Waals surface area contributed by atoms with Crippen molar-refractivity contribution in [1.82, 2.24) is 4.98 Å². The lowest BCUT2D eigenvalue weighted by Gasteiger charge is -2.06. The summed E-state index contributed by atoms with van der Waals surface area (Å²) in [5.41, 5.74) is 0.568. The van der Waals surface area contributed by atoms with E-state index in [1.165, 1.54) is 6.07 Å². The van der Waals surface area contributed by atoms with Crippen LogP contribution in [0.25, 0.3) is 0 Å². The minimum atomic E-state index is -1.12. The molecule has 0 radical (unpaired) electrons. The van der Waals surface area contributed by atoms with E-state index in [2.05, 4.69) is 10.3 Å². The Bertz CT molecular complexity index is 605. The van der Waals surface area contributed by atoms with Gasteiger partial charge >= 0.3 is 5.97 Å². The number of aromatic carboxylic acids is 1. The zero-order valence-corrected chi connectivity index (χ0v) is 9.51. The zero-order valence-electron chi connectivity index (χ0n) is 9.51. The molecular weight excluding hydrogens is 232 g/mol. The molecule has 5 heteroatoms. The maximum absolute atomic E-state index is 11.3. The molecule has 18 heavy (non-hydrogen) atoms. The Labute approximate surface area is 103 Å². The average molecular weight is 244 g/mol. The molecule has 0 spiro atoms. The molecule has 0 aliphatic rings. The molecule has 1 aromatic carbocycles. The summed E-state index contributed by atoms with van der Waals surface area (Å²) in [5.74, 6) is -0.729. The van der Waals surface area contributed by atoms with Crippen molar-refractivity contribution < 1.29 is 9.90 Å². The topological polar surface area (TPSA) is 82.2 Å². The van der Waals surface area contributed by atoms with Gasteiger partial charge in [-0.15, -0.1) is 0 Å². The van der Waals surface area contributed by atoms with Gasteiger partial charge < -0.3 is 15.4 Å². The van der Waals surface area contributed by atoms with Crippen molar-refractivity contribution in [3.8, 4) is 0 Å². The fraction of sp³-hybridized carbons (Fsp3) is 0.0769. The highest BCUT2D eigenvalue weighted by atomic mass is 16.4. The van der Waals surface area contributed by atoms with Crippen molar-refractivity contribution in [1.29, 1.82) is 0 Å². The highest BCUT2D eigenvalue weighted by Gasteiger charge is 2.05. The van der Waals surface area contributed by atoms with Gasteiger partial charge in [0.05, 0.1) is 5.56 Å². The Morgan fingerprint density at radius 2 is 1.94 bits per heavy atom. The minimum Gasteiger partial charge on any atom is -0.478 e. The van der Waals surface area contributed by atoms with E-state index in [-0.39, 0.29) is 5.56 Å². The van der Waals surface area contributed by atoms with Crippen LogP contribution in [-0.4, -0.2) is 16.1 Å². The number of carboxylic acids is 1. The summed E-state index contributed by atoms with van der Waals surface area (Å²) in [7, 11) is 0. The molecule has 5 nitrogen and oxygen atoms in total. The van der Waals surface area contributed by atoms with Crippen LogP contribution in [0.2, 0.25) is 0 Å². The van der Waals surface area contributed by atoms with Crippen LogP contribution in [0, 0.1) is 0 Å². The van der Waals surface area contributed by atoms with Gasteiger partial charge in [-0.2, -0.15) is 0 Å². The monoisotopic (exact) mass is 244 g/mol. The van der Waals surface area contributed by atoms with Gasteiger partial charge in [-0.3, -0.25) is 4.79 Å². The standard InChI is InChI=1S/C13H12N2O3/c16-12-7-10(13(17)18)6-11(15-12)14-8-9-4-2-1-3-5-9/h1-7H,8H2,(H,17,18)(H2,14,15,16). The normalized spacial score (nSPS) is 10.0.